The zero-order valence-electron chi connectivity index (χ0n) is 36.2. The summed E-state index contributed by atoms with van der Waals surface area (Å²) in [7, 11) is 0. The normalized spacial score (nSPS) is 13.9. The maximum Gasteiger partial charge on any atom is 0.473 e. The number of halogens is 3. The van der Waals surface area contributed by atoms with Crippen LogP contribution in [-0.2, 0) is 32.1 Å². The van der Waals surface area contributed by atoms with Gasteiger partial charge in [-0.15, -0.1) is 0 Å². The van der Waals surface area contributed by atoms with Gasteiger partial charge < -0.3 is 28.1 Å². The van der Waals surface area contributed by atoms with Gasteiger partial charge in [-0.25, -0.2) is 14.4 Å². The number of benzene rings is 1. The van der Waals surface area contributed by atoms with E-state index >= 15 is 0 Å². The Bertz CT molecular complexity index is 1850. The van der Waals surface area contributed by atoms with Crippen LogP contribution in [-0.4, -0.2) is 99.2 Å². The smallest absolute Gasteiger partial charge is 0.473 e. The standard InChI is InChI=1S/C41H61F3N8O8/c1-38(2,3)58-35(54)48-33(49-36(55)59-39(4,5)6)46-21-13-11-10-12-14-23-50-26-27-51(34(50)47-32(53)41(42,43)44)24-16-28-57-30-19-17-29(18-20-30)31-45-22-15-25-52(31)37(56)60-40(7,8)9/h17-20,26-27H,10-16,21-25,28H2,1-9H3,(H2,46,48,49,54,55). The van der Waals surface area contributed by atoms with Gasteiger partial charge in [0.05, 0.1) is 6.61 Å². The second-order valence-corrected chi connectivity index (χ2v) is 17.1. The van der Waals surface area contributed by atoms with Crippen molar-refractivity contribution >= 4 is 36.0 Å². The van der Waals surface area contributed by atoms with Crippen LogP contribution in [0.2, 0.25) is 0 Å². The molecule has 2 aromatic rings. The van der Waals surface area contributed by atoms with E-state index < -0.39 is 47.2 Å². The summed E-state index contributed by atoms with van der Waals surface area (Å²) in [5, 5.41) is 4.88. The van der Waals surface area contributed by atoms with Crippen LogP contribution in [0.1, 0.15) is 113 Å². The number of carbonyl (C=O) groups excluding carboxylic acids is 4. The van der Waals surface area contributed by atoms with E-state index in [4.69, 9.17) is 18.9 Å². The number of rotatable bonds is 14. The fourth-order valence-corrected chi connectivity index (χ4v) is 5.59. The Kier molecular flexibility index (Phi) is 17.8. The second kappa shape index (κ2) is 21.8. The molecule has 0 radical (unpaired) electrons. The Hall–Kier alpha value is -5.36. The lowest BCUT2D eigenvalue weighted by Gasteiger charge is -2.30. The molecule has 334 valence electrons. The molecule has 0 unspecified atom stereocenters. The van der Waals surface area contributed by atoms with Gasteiger partial charge in [0.2, 0.25) is 11.6 Å². The molecule has 2 heterocycles. The van der Waals surface area contributed by atoms with Crippen molar-refractivity contribution < 1.29 is 51.3 Å². The number of aromatic nitrogens is 2. The summed E-state index contributed by atoms with van der Waals surface area (Å²) in [6, 6.07) is 7.11. The Morgan fingerprint density at radius 2 is 1.27 bits per heavy atom. The van der Waals surface area contributed by atoms with Crippen LogP contribution in [0.3, 0.4) is 0 Å². The number of guanidine groups is 1. The van der Waals surface area contributed by atoms with Crippen molar-refractivity contribution in [1.82, 2.24) is 24.7 Å². The third kappa shape index (κ3) is 18.3. The zero-order chi connectivity index (χ0) is 44.7. The average molecular weight is 851 g/mol. The number of alkyl carbamates (subject to hydrolysis) is 2. The highest BCUT2D eigenvalue weighted by Gasteiger charge is 2.39. The number of hydrogen-bond acceptors (Lipinski definition) is 10. The van der Waals surface area contributed by atoms with Crippen LogP contribution in [0.5, 0.6) is 5.75 Å². The highest BCUT2D eigenvalue weighted by molar-refractivity contribution is 6.07. The summed E-state index contributed by atoms with van der Waals surface area (Å²) in [6.45, 7) is 17.8. The van der Waals surface area contributed by atoms with Crippen LogP contribution in [0, 0.1) is 0 Å². The van der Waals surface area contributed by atoms with E-state index in [1.807, 2.05) is 0 Å². The van der Waals surface area contributed by atoms with Gasteiger partial charge >= 0.3 is 30.4 Å². The molecule has 0 bridgehead atoms. The fraction of sp³-hybridized carbons (Fsp3) is 0.634. The number of aryl methyl sites for hydroxylation is 2. The third-order valence-electron chi connectivity index (χ3n) is 8.05. The maximum atomic E-state index is 13.3. The molecule has 0 fully saturated rings. The lowest BCUT2D eigenvalue weighted by atomic mass is 10.1. The van der Waals surface area contributed by atoms with Gasteiger partial charge in [-0.2, -0.15) is 18.2 Å². The summed E-state index contributed by atoms with van der Waals surface area (Å²) in [5.74, 6) is -1.22. The minimum Gasteiger partial charge on any atom is -0.494 e. The number of aliphatic imine (C=N–C) groups is 2. The summed E-state index contributed by atoms with van der Waals surface area (Å²) in [4.78, 5) is 63.1. The van der Waals surface area contributed by atoms with Crippen molar-refractivity contribution in [3.63, 3.8) is 0 Å². The average Bonchev–Trinajstić information content (AvgIpc) is 3.49. The maximum absolute atomic E-state index is 13.3. The molecule has 4 amide bonds. The molecule has 2 N–H and O–H groups in total. The van der Waals surface area contributed by atoms with E-state index in [2.05, 4.69) is 25.6 Å². The predicted molar refractivity (Wildman–Crippen MR) is 219 cm³/mol. The van der Waals surface area contributed by atoms with E-state index in [0.717, 1.165) is 31.2 Å². The second-order valence-electron chi connectivity index (χ2n) is 17.1. The molecule has 16 nitrogen and oxygen atoms in total. The number of carbonyl (C=O) groups is 4. The molecule has 0 aliphatic carbocycles. The molecule has 0 atom stereocenters. The quantitative estimate of drug-likeness (QED) is 0.0850. The minimum atomic E-state index is -5.12. The number of ether oxygens (including phenoxy) is 4. The predicted octanol–water partition coefficient (Wildman–Crippen LogP) is 7.49. The SMILES string of the molecule is CC(C)(C)OC(=O)NC(=NCCCCCCCn1ccn(CCCOc2ccc(C3=NCCCN3C(=O)OC(C)(C)C)cc2)c1=NC(=O)C(F)(F)F)NC(=O)OC(C)(C)C. The summed E-state index contributed by atoms with van der Waals surface area (Å²) >= 11 is 0. The third-order valence-corrected chi connectivity index (χ3v) is 8.05. The largest absolute Gasteiger partial charge is 0.494 e. The van der Waals surface area contributed by atoms with Crippen LogP contribution < -0.4 is 21.0 Å². The first-order valence-electron chi connectivity index (χ1n) is 20.1. The Labute approximate surface area is 349 Å². The van der Waals surface area contributed by atoms with Crippen LogP contribution in [0.15, 0.2) is 51.6 Å². The number of nitrogens with zero attached hydrogens (tertiary/aromatic N) is 6. The summed E-state index contributed by atoms with van der Waals surface area (Å²) < 4.78 is 64.7. The zero-order valence-corrected chi connectivity index (χ0v) is 36.2. The van der Waals surface area contributed by atoms with E-state index in [0.29, 0.717) is 50.5 Å². The number of unbranched alkanes of at least 4 members (excludes halogenated alkanes) is 4. The number of alkyl halides is 3. The summed E-state index contributed by atoms with van der Waals surface area (Å²) in [5.41, 5.74) is -1.56. The van der Waals surface area contributed by atoms with Crippen molar-refractivity contribution in [2.24, 2.45) is 15.0 Å². The molecular weight excluding hydrogens is 789 g/mol. The van der Waals surface area contributed by atoms with Gasteiger partial charge in [-0.3, -0.25) is 30.3 Å². The van der Waals surface area contributed by atoms with Gasteiger partial charge in [0, 0.05) is 50.7 Å². The molecule has 0 saturated heterocycles. The van der Waals surface area contributed by atoms with E-state index in [1.54, 1.807) is 99.0 Å². The number of imidazole rings is 1. The first kappa shape index (κ1) is 49.0. The van der Waals surface area contributed by atoms with Gasteiger partial charge in [0.15, 0.2) is 0 Å². The Morgan fingerprint density at radius 3 is 1.82 bits per heavy atom. The molecule has 0 spiro atoms. The van der Waals surface area contributed by atoms with Crippen molar-refractivity contribution in [1.29, 1.82) is 0 Å². The Balaban J connectivity index is 1.53. The highest BCUT2D eigenvalue weighted by atomic mass is 19.4. The molecule has 60 heavy (non-hydrogen) atoms. The van der Waals surface area contributed by atoms with Gasteiger partial charge in [0.25, 0.3) is 0 Å². The monoisotopic (exact) mass is 850 g/mol. The van der Waals surface area contributed by atoms with Crippen molar-refractivity contribution in [3.8, 4) is 5.75 Å². The van der Waals surface area contributed by atoms with Gasteiger partial charge in [0.1, 0.15) is 28.4 Å². The van der Waals surface area contributed by atoms with Crippen LogP contribution >= 0.6 is 0 Å². The molecule has 1 aromatic heterocycles. The lowest BCUT2D eigenvalue weighted by Crippen LogP contribution is -2.47. The number of hydrogen-bond donors (Lipinski definition) is 2. The molecule has 1 aliphatic heterocycles. The van der Waals surface area contributed by atoms with Crippen molar-refractivity contribution in [3.05, 3.63) is 47.8 Å². The molecular formula is C41H61F3N8O8. The fourth-order valence-electron chi connectivity index (χ4n) is 5.59. The van der Waals surface area contributed by atoms with Gasteiger partial charge in [-0.1, -0.05) is 19.3 Å². The number of nitrogens with one attached hydrogen (secondary N) is 2. The first-order valence-corrected chi connectivity index (χ1v) is 20.1. The number of amides is 4. The minimum absolute atomic E-state index is 0.107. The topological polar surface area (TPSA) is 179 Å². The molecule has 1 aliphatic rings. The van der Waals surface area contributed by atoms with Gasteiger partial charge in [-0.05, 0) is 112 Å². The molecule has 1 aromatic carbocycles. The van der Waals surface area contributed by atoms with Crippen molar-refractivity contribution in [2.45, 2.75) is 143 Å². The number of amidine groups is 1. The van der Waals surface area contributed by atoms with E-state index in [1.165, 1.54) is 14.0 Å². The van der Waals surface area contributed by atoms with Crippen LogP contribution in [0.4, 0.5) is 27.6 Å². The highest BCUT2D eigenvalue weighted by Crippen LogP contribution is 2.20. The van der Waals surface area contributed by atoms with Crippen molar-refractivity contribution in [2.75, 3.05) is 26.2 Å². The van der Waals surface area contributed by atoms with E-state index in [9.17, 15) is 32.3 Å². The molecule has 3 rings (SSSR count). The summed E-state index contributed by atoms with van der Waals surface area (Å²) in [6.07, 6.45) is 0.620. The Morgan fingerprint density at radius 1 is 0.733 bits per heavy atom. The first-order chi connectivity index (χ1) is 27.9. The molecule has 19 heteroatoms. The van der Waals surface area contributed by atoms with E-state index in [-0.39, 0.29) is 31.3 Å². The van der Waals surface area contributed by atoms with Crippen LogP contribution in [0.25, 0.3) is 0 Å². The lowest BCUT2D eigenvalue weighted by molar-refractivity contribution is -0.169. The molecule has 0 saturated carbocycles.